The van der Waals surface area contributed by atoms with Crippen LogP contribution in [0.1, 0.15) is 44.1 Å². The summed E-state index contributed by atoms with van der Waals surface area (Å²) in [7, 11) is 0. The van der Waals surface area contributed by atoms with Crippen molar-refractivity contribution in [1.82, 2.24) is 0 Å². The quantitative estimate of drug-likeness (QED) is 0.757. The van der Waals surface area contributed by atoms with Gasteiger partial charge in [-0.2, -0.15) is 0 Å². The third kappa shape index (κ3) is 3.22. The summed E-state index contributed by atoms with van der Waals surface area (Å²) < 4.78 is 12.3. The van der Waals surface area contributed by atoms with Crippen LogP contribution in [0.3, 0.4) is 0 Å². The average Bonchev–Trinajstić information content (AvgIpc) is 2.89. The van der Waals surface area contributed by atoms with Crippen LogP contribution >= 0.6 is 0 Å². The minimum absolute atomic E-state index is 0.0673. The second-order valence-electron chi connectivity index (χ2n) is 6.44. The molecule has 114 valence electrons. The molecule has 0 amide bonds. The molecule has 0 N–H and O–H groups in total. The van der Waals surface area contributed by atoms with Gasteiger partial charge < -0.3 is 9.47 Å². The molecule has 0 bridgehead atoms. The Morgan fingerprint density at radius 2 is 1.95 bits per heavy atom. The first-order valence-electron chi connectivity index (χ1n) is 8.24. The molecule has 1 saturated carbocycles. The van der Waals surface area contributed by atoms with E-state index < -0.39 is 0 Å². The van der Waals surface area contributed by atoms with E-state index in [4.69, 9.17) is 9.47 Å². The van der Waals surface area contributed by atoms with Gasteiger partial charge in [0.1, 0.15) is 0 Å². The van der Waals surface area contributed by atoms with Crippen LogP contribution in [0.5, 0.6) is 0 Å². The van der Waals surface area contributed by atoms with Gasteiger partial charge in [0, 0.05) is 17.8 Å². The molecule has 0 unspecified atom stereocenters. The lowest BCUT2D eigenvalue weighted by atomic mass is 9.81. The second-order valence-corrected chi connectivity index (χ2v) is 6.44. The third-order valence-electron chi connectivity index (χ3n) is 5.10. The van der Waals surface area contributed by atoms with E-state index in [0.29, 0.717) is 17.8 Å². The Morgan fingerprint density at radius 3 is 2.67 bits per heavy atom. The Kier molecular flexibility index (Phi) is 4.77. The van der Waals surface area contributed by atoms with E-state index in [9.17, 15) is 0 Å². The van der Waals surface area contributed by atoms with E-state index in [1.54, 1.807) is 0 Å². The van der Waals surface area contributed by atoms with Crippen molar-refractivity contribution >= 4 is 0 Å². The molecule has 2 aliphatic rings. The van der Waals surface area contributed by atoms with E-state index in [-0.39, 0.29) is 12.4 Å². The molecule has 0 radical (unpaired) electrons. The Morgan fingerprint density at radius 1 is 1.19 bits per heavy atom. The lowest BCUT2D eigenvalue weighted by Gasteiger charge is -2.34. The molecule has 5 atom stereocenters. The van der Waals surface area contributed by atoms with Crippen LogP contribution in [0.25, 0.3) is 0 Å². The summed E-state index contributed by atoms with van der Waals surface area (Å²) in [6, 6.07) is 10.8. The second kappa shape index (κ2) is 6.76. The maximum Gasteiger partial charge on any atom is 0.161 e. The molecule has 0 aromatic heterocycles. The zero-order chi connectivity index (χ0) is 14.7. The fourth-order valence-electron chi connectivity index (χ4n) is 3.67. The van der Waals surface area contributed by atoms with Crippen LogP contribution in [-0.4, -0.2) is 19.0 Å². The number of hydrogen-bond acceptors (Lipinski definition) is 2. The van der Waals surface area contributed by atoms with E-state index >= 15 is 0 Å². The Labute approximate surface area is 128 Å². The van der Waals surface area contributed by atoms with Gasteiger partial charge in [0.25, 0.3) is 0 Å². The maximum absolute atomic E-state index is 6.39. The predicted molar refractivity (Wildman–Crippen MR) is 85.1 cm³/mol. The molecule has 1 aromatic rings. The molecule has 1 aliphatic carbocycles. The zero-order valence-corrected chi connectivity index (χ0v) is 12.9. The summed E-state index contributed by atoms with van der Waals surface area (Å²) in [6.07, 6.45) is 7.16. The van der Waals surface area contributed by atoms with Crippen LogP contribution in [0.2, 0.25) is 0 Å². The number of ether oxygens (including phenoxy) is 2. The molecule has 1 aliphatic heterocycles. The number of rotatable bonds is 4. The minimum atomic E-state index is -0.0673. The summed E-state index contributed by atoms with van der Waals surface area (Å²) >= 11 is 0. The first kappa shape index (κ1) is 14.8. The van der Waals surface area contributed by atoms with Crippen molar-refractivity contribution in [2.75, 3.05) is 6.61 Å². The molecule has 3 rings (SSSR count). The van der Waals surface area contributed by atoms with Crippen molar-refractivity contribution in [2.45, 2.75) is 50.9 Å². The highest BCUT2D eigenvalue weighted by molar-refractivity contribution is 5.21. The molecule has 21 heavy (non-hydrogen) atoms. The first-order chi connectivity index (χ1) is 10.3. The van der Waals surface area contributed by atoms with Crippen molar-refractivity contribution in [1.29, 1.82) is 0 Å². The van der Waals surface area contributed by atoms with Gasteiger partial charge in [0.05, 0.1) is 12.7 Å². The van der Waals surface area contributed by atoms with E-state index in [1.807, 2.05) is 6.08 Å². The lowest BCUT2D eigenvalue weighted by molar-refractivity contribution is -0.171. The van der Waals surface area contributed by atoms with Crippen molar-refractivity contribution in [3.05, 3.63) is 48.6 Å². The van der Waals surface area contributed by atoms with Gasteiger partial charge in [0.2, 0.25) is 0 Å². The van der Waals surface area contributed by atoms with Crippen LogP contribution in [-0.2, 0) is 9.47 Å². The van der Waals surface area contributed by atoms with Crippen LogP contribution in [0.4, 0.5) is 0 Å². The van der Waals surface area contributed by atoms with Gasteiger partial charge in [-0.05, 0) is 18.4 Å². The zero-order valence-electron chi connectivity index (χ0n) is 12.9. The molecule has 2 heteroatoms. The molecular formula is C19H26O2. The van der Waals surface area contributed by atoms with Crippen LogP contribution in [0, 0.1) is 11.8 Å². The van der Waals surface area contributed by atoms with Gasteiger partial charge in [-0.1, -0.05) is 56.2 Å². The van der Waals surface area contributed by atoms with Gasteiger partial charge in [-0.15, -0.1) is 6.58 Å². The van der Waals surface area contributed by atoms with E-state index in [0.717, 1.165) is 13.0 Å². The van der Waals surface area contributed by atoms with E-state index in [1.165, 1.54) is 24.8 Å². The normalized spacial score (nSPS) is 36.5. The van der Waals surface area contributed by atoms with Gasteiger partial charge in [-0.25, -0.2) is 0 Å². The summed E-state index contributed by atoms with van der Waals surface area (Å²) in [5, 5.41) is 0. The molecule has 1 saturated heterocycles. The predicted octanol–water partition coefficient (Wildman–Crippen LogP) is 4.52. The SMILES string of the molecule is C=C[C@@H]1CO[C@H](O[C@@H]2CCCC[C@H]2c2ccccc2)[C@@H]1C. The highest BCUT2D eigenvalue weighted by Crippen LogP contribution is 2.38. The standard InChI is InChI=1S/C19H26O2/c1-3-15-13-20-19(14(15)2)21-18-12-8-7-11-17(18)16-9-5-4-6-10-16/h3-6,9-10,14-15,17-19H,1,7-8,11-13H2,2H3/t14-,15-,17+,18-,19-/m1/s1. The minimum Gasteiger partial charge on any atom is -0.352 e. The highest BCUT2D eigenvalue weighted by atomic mass is 16.7. The molecule has 1 aromatic carbocycles. The molecule has 2 fully saturated rings. The summed E-state index contributed by atoms with van der Waals surface area (Å²) in [5.74, 6) is 1.34. The monoisotopic (exact) mass is 286 g/mol. The molecular weight excluding hydrogens is 260 g/mol. The van der Waals surface area contributed by atoms with Crippen molar-refractivity contribution < 1.29 is 9.47 Å². The Hall–Kier alpha value is -1.12. The molecule has 1 heterocycles. The van der Waals surface area contributed by atoms with Crippen LogP contribution in [0.15, 0.2) is 43.0 Å². The Bertz CT molecular complexity index is 456. The highest BCUT2D eigenvalue weighted by Gasteiger charge is 2.37. The van der Waals surface area contributed by atoms with Gasteiger partial charge in [-0.3, -0.25) is 0 Å². The summed E-state index contributed by atoms with van der Waals surface area (Å²) in [6.45, 7) is 6.86. The fraction of sp³-hybridized carbons (Fsp3) is 0.579. The lowest BCUT2D eigenvalue weighted by Crippen LogP contribution is -2.33. The molecule has 0 spiro atoms. The largest absolute Gasteiger partial charge is 0.352 e. The number of benzene rings is 1. The first-order valence-corrected chi connectivity index (χ1v) is 8.24. The Balaban J connectivity index is 1.69. The smallest absolute Gasteiger partial charge is 0.161 e. The third-order valence-corrected chi connectivity index (χ3v) is 5.10. The fourth-order valence-corrected chi connectivity index (χ4v) is 3.67. The average molecular weight is 286 g/mol. The summed E-state index contributed by atoms with van der Waals surface area (Å²) in [5.41, 5.74) is 1.41. The maximum atomic E-state index is 6.39. The van der Waals surface area contributed by atoms with Gasteiger partial charge in [0.15, 0.2) is 6.29 Å². The summed E-state index contributed by atoms with van der Waals surface area (Å²) in [4.78, 5) is 0. The van der Waals surface area contributed by atoms with Crippen LogP contribution < -0.4 is 0 Å². The van der Waals surface area contributed by atoms with Crippen molar-refractivity contribution in [2.24, 2.45) is 11.8 Å². The van der Waals surface area contributed by atoms with Gasteiger partial charge >= 0.3 is 0 Å². The number of hydrogen-bond donors (Lipinski definition) is 0. The molecule has 2 nitrogen and oxygen atoms in total. The van der Waals surface area contributed by atoms with E-state index in [2.05, 4.69) is 43.8 Å². The van der Waals surface area contributed by atoms with Crippen molar-refractivity contribution in [3.8, 4) is 0 Å². The topological polar surface area (TPSA) is 18.5 Å². The van der Waals surface area contributed by atoms with Crippen molar-refractivity contribution in [3.63, 3.8) is 0 Å².